The van der Waals surface area contributed by atoms with Gasteiger partial charge in [0.2, 0.25) is 0 Å². The average Bonchev–Trinajstić information content (AvgIpc) is 2.62. The number of hydrogen-bond donors (Lipinski definition) is 2. The first kappa shape index (κ1) is 17.5. The molecule has 3 rings (SSSR count). The molecule has 124 valence electrons. The molecule has 0 amide bonds. The quantitative estimate of drug-likeness (QED) is 0.694. The molecule has 4 nitrogen and oxygen atoms in total. The van der Waals surface area contributed by atoms with Gasteiger partial charge in [0.25, 0.3) is 0 Å². The molecular formula is C20H23N3O. The maximum Gasteiger partial charge on any atom is 0.150 e. The highest BCUT2D eigenvalue weighted by Gasteiger charge is 1.99. The van der Waals surface area contributed by atoms with Gasteiger partial charge in [0.15, 0.2) is 0 Å². The van der Waals surface area contributed by atoms with Crippen molar-refractivity contribution in [3.05, 3.63) is 65.9 Å². The van der Waals surface area contributed by atoms with Gasteiger partial charge < -0.3 is 10.6 Å². The molecule has 0 fully saturated rings. The van der Waals surface area contributed by atoms with Gasteiger partial charge in [-0.05, 0) is 50.2 Å². The van der Waals surface area contributed by atoms with Crippen molar-refractivity contribution in [2.24, 2.45) is 0 Å². The minimum atomic E-state index is 0.714. The third-order valence-corrected chi connectivity index (χ3v) is 3.56. The van der Waals surface area contributed by atoms with E-state index in [1.54, 1.807) is 12.1 Å². The van der Waals surface area contributed by atoms with Gasteiger partial charge in [0.1, 0.15) is 6.29 Å². The van der Waals surface area contributed by atoms with Crippen LogP contribution in [-0.4, -0.2) is 24.9 Å². The van der Waals surface area contributed by atoms with Crippen LogP contribution >= 0.6 is 0 Å². The van der Waals surface area contributed by atoms with Gasteiger partial charge in [-0.15, -0.1) is 0 Å². The maximum atomic E-state index is 10.3. The second-order valence-corrected chi connectivity index (χ2v) is 5.35. The highest BCUT2D eigenvalue weighted by atomic mass is 16.1. The third-order valence-electron chi connectivity index (χ3n) is 3.56. The lowest BCUT2D eigenvalue weighted by Crippen LogP contribution is -1.95. The third kappa shape index (κ3) is 4.56. The molecule has 0 bridgehead atoms. The standard InChI is InChI=1S/C11H12N2.C9H11NO/c1-8-6-7-9-4-3-5-10(12-2)11(9)13-8;1-2-10-9-5-3-8(7-11)4-6-9/h3-7,12H,1-2H3;3-7,10H,2H2,1H3. The normalized spacial score (nSPS) is 9.79. The van der Waals surface area contributed by atoms with E-state index in [-0.39, 0.29) is 0 Å². The summed E-state index contributed by atoms with van der Waals surface area (Å²) < 4.78 is 0. The summed E-state index contributed by atoms with van der Waals surface area (Å²) in [6.45, 7) is 4.94. The Labute approximate surface area is 142 Å². The summed E-state index contributed by atoms with van der Waals surface area (Å²) in [5.74, 6) is 0. The fraction of sp³-hybridized carbons (Fsp3) is 0.200. The Morgan fingerprint density at radius 3 is 2.42 bits per heavy atom. The van der Waals surface area contributed by atoms with Gasteiger partial charge in [-0.2, -0.15) is 0 Å². The first-order chi connectivity index (χ1) is 11.7. The van der Waals surface area contributed by atoms with Gasteiger partial charge in [-0.1, -0.05) is 18.2 Å². The van der Waals surface area contributed by atoms with Crippen molar-refractivity contribution in [3.63, 3.8) is 0 Å². The summed E-state index contributed by atoms with van der Waals surface area (Å²) in [5, 5.41) is 7.46. The summed E-state index contributed by atoms with van der Waals surface area (Å²) in [6, 6.07) is 17.7. The average molecular weight is 321 g/mol. The molecule has 0 aliphatic rings. The monoisotopic (exact) mass is 321 g/mol. The van der Waals surface area contributed by atoms with Crippen molar-refractivity contribution in [2.45, 2.75) is 13.8 Å². The number of carbonyl (C=O) groups is 1. The molecule has 2 N–H and O–H groups in total. The van der Waals surface area contributed by atoms with Crippen LogP contribution in [0.2, 0.25) is 0 Å². The zero-order valence-electron chi connectivity index (χ0n) is 14.3. The zero-order chi connectivity index (χ0) is 17.4. The first-order valence-corrected chi connectivity index (χ1v) is 8.01. The van der Waals surface area contributed by atoms with Crippen LogP contribution in [0.4, 0.5) is 11.4 Å². The van der Waals surface area contributed by atoms with E-state index in [0.29, 0.717) is 5.56 Å². The van der Waals surface area contributed by atoms with Gasteiger partial charge in [0.05, 0.1) is 11.2 Å². The van der Waals surface area contributed by atoms with Crippen molar-refractivity contribution in [2.75, 3.05) is 24.2 Å². The number of anilines is 2. The van der Waals surface area contributed by atoms with Gasteiger partial charge in [-0.25, -0.2) is 0 Å². The maximum absolute atomic E-state index is 10.3. The minimum Gasteiger partial charge on any atom is -0.386 e. The lowest BCUT2D eigenvalue weighted by molar-refractivity contribution is 0.112. The van der Waals surface area contributed by atoms with Gasteiger partial charge in [0, 0.05) is 35.9 Å². The number of hydrogen-bond acceptors (Lipinski definition) is 4. The van der Waals surface area contributed by atoms with Crippen LogP contribution in [0.3, 0.4) is 0 Å². The van der Waals surface area contributed by atoms with Crippen LogP contribution in [0.1, 0.15) is 23.0 Å². The second kappa shape index (κ2) is 8.67. The van der Waals surface area contributed by atoms with Crippen molar-refractivity contribution < 1.29 is 4.79 Å². The fourth-order valence-corrected chi connectivity index (χ4v) is 2.33. The molecule has 1 heterocycles. The SMILES string of the molecule is CCNc1ccc(C=O)cc1.CNc1cccc2ccc(C)nc12. The Balaban J connectivity index is 0.000000177. The van der Waals surface area contributed by atoms with E-state index in [1.807, 2.05) is 51.2 Å². The van der Waals surface area contributed by atoms with Gasteiger partial charge >= 0.3 is 0 Å². The number of benzene rings is 2. The number of carbonyl (C=O) groups excluding carboxylic acids is 1. The number of para-hydroxylation sites is 1. The van der Waals surface area contributed by atoms with Crippen LogP contribution in [0, 0.1) is 6.92 Å². The molecule has 1 aromatic heterocycles. The number of rotatable bonds is 4. The highest BCUT2D eigenvalue weighted by Crippen LogP contribution is 2.20. The molecule has 0 unspecified atom stereocenters. The number of nitrogens with one attached hydrogen (secondary N) is 2. The largest absolute Gasteiger partial charge is 0.386 e. The first-order valence-electron chi connectivity index (χ1n) is 8.01. The molecule has 0 radical (unpaired) electrons. The minimum absolute atomic E-state index is 0.714. The Morgan fingerprint density at radius 1 is 1.04 bits per heavy atom. The summed E-state index contributed by atoms with van der Waals surface area (Å²) >= 11 is 0. The van der Waals surface area contributed by atoms with Crippen LogP contribution in [0.15, 0.2) is 54.6 Å². The molecule has 3 aromatic rings. The molecule has 2 aromatic carbocycles. The summed E-state index contributed by atoms with van der Waals surface area (Å²) in [6.07, 6.45) is 0.843. The molecular weight excluding hydrogens is 298 g/mol. The molecule has 0 spiro atoms. The number of aldehydes is 1. The Bertz CT molecular complexity index is 798. The molecule has 4 heteroatoms. The van der Waals surface area contributed by atoms with E-state index in [4.69, 9.17) is 0 Å². The zero-order valence-corrected chi connectivity index (χ0v) is 14.3. The van der Waals surface area contributed by atoms with Crippen LogP contribution in [0.5, 0.6) is 0 Å². The Morgan fingerprint density at radius 2 is 1.79 bits per heavy atom. The summed E-state index contributed by atoms with van der Waals surface area (Å²) in [7, 11) is 1.92. The van der Waals surface area contributed by atoms with E-state index in [0.717, 1.165) is 35.4 Å². The van der Waals surface area contributed by atoms with Crippen molar-refractivity contribution in [1.29, 1.82) is 0 Å². The number of aromatic nitrogens is 1. The lowest BCUT2D eigenvalue weighted by atomic mass is 10.2. The van der Waals surface area contributed by atoms with Crippen molar-refractivity contribution in [1.82, 2.24) is 4.98 Å². The van der Waals surface area contributed by atoms with Crippen LogP contribution in [-0.2, 0) is 0 Å². The predicted molar refractivity (Wildman–Crippen MR) is 102 cm³/mol. The number of pyridine rings is 1. The van der Waals surface area contributed by atoms with E-state index >= 15 is 0 Å². The fourth-order valence-electron chi connectivity index (χ4n) is 2.33. The lowest BCUT2D eigenvalue weighted by Gasteiger charge is -2.04. The highest BCUT2D eigenvalue weighted by molar-refractivity contribution is 5.90. The summed E-state index contributed by atoms with van der Waals surface area (Å²) in [4.78, 5) is 14.7. The van der Waals surface area contributed by atoms with Gasteiger partial charge in [-0.3, -0.25) is 9.78 Å². The van der Waals surface area contributed by atoms with E-state index in [1.165, 1.54) is 5.39 Å². The molecule has 0 aliphatic carbocycles. The van der Waals surface area contributed by atoms with Crippen LogP contribution in [0.25, 0.3) is 10.9 Å². The van der Waals surface area contributed by atoms with Crippen LogP contribution < -0.4 is 10.6 Å². The smallest absolute Gasteiger partial charge is 0.150 e. The second-order valence-electron chi connectivity index (χ2n) is 5.35. The van der Waals surface area contributed by atoms with E-state index in [2.05, 4.69) is 27.8 Å². The number of fused-ring (bicyclic) bond motifs is 1. The summed E-state index contributed by atoms with van der Waals surface area (Å²) in [5.41, 5.74) is 4.95. The molecule has 24 heavy (non-hydrogen) atoms. The topological polar surface area (TPSA) is 54.0 Å². The van der Waals surface area contributed by atoms with Crippen molar-refractivity contribution >= 4 is 28.6 Å². The number of nitrogens with zero attached hydrogens (tertiary/aromatic N) is 1. The molecule has 0 aliphatic heterocycles. The van der Waals surface area contributed by atoms with E-state index in [9.17, 15) is 4.79 Å². The van der Waals surface area contributed by atoms with E-state index < -0.39 is 0 Å². The van der Waals surface area contributed by atoms with Crippen molar-refractivity contribution in [3.8, 4) is 0 Å². The molecule has 0 atom stereocenters. The molecule has 0 saturated carbocycles. The number of aryl methyl sites for hydroxylation is 1. The Kier molecular flexibility index (Phi) is 6.32. The molecule has 0 saturated heterocycles. The Hall–Kier alpha value is -2.88. The predicted octanol–water partition coefficient (Wildman–Crippen LogP) is 4.52.